The van der Waals surface area contributed by atoms with Crippen molar-refractivity contribution in [3.8, 4) is 0 Å². The number of β-amino-alcohol motifs (C(OH)–C–C–N with tert-alkyl or cyclic N) is 1. The first-order valence-corrected chi connectivity index (χ1v) is 8.81. The maximum atomic E-state index is 12.2. The molecule has 3 rings (SSSR count). The molecule has 1 amide bonds. The number of aliphatic hydroxyl groups is 1. The Balaban J connectivity index is 1.62. The molecule has 1 aromatic carbocycles. The number of benzene rings is 1. The Kier molecular flexibility index (Phi) is 5.52. The van der Waals surface area contributed by atoms with Crippen LogP contribution in [0, 0.1) is 29.9 Å². The minimum atomic E-state index is -0.433. The van der Waals surface area contributed by atoms with Crippen LogP contribution in [0.4, 0.5) is 5.69 Å². The predicted molar refractivity (Wildman–Crippen MR) is 98.6 cm³/mol. The Labute approximate surface area is 156 Å². The van der Waals surface area contributed by atoms with Crippen LogP contribution in [0.25, 0.3) is 0 Å². The second-order valence-electron chi connectivity index (χ2n) is 6.83. The third-order valence-electron chi connectivity index (χ3n) is 4.90. The van der Waals surface area contributed by atoms with Gasteiger partial charge in [-0.3, -0.25) is 19.6 Å². The molecular weight excluding hydrogens is 350 g/mol. The van der Waals surface area contributed by atoms with E-state index in [4.69, 9.17) is 0 Å². The first kappa shape index (κ1) is 19.0. The molecule has 1 fully saturated rings. The number of nitrogens with one attached hydrogen (secondary N) is 2. The molecule has 0 aliphatic carbocycles. The van der Waals surface area contributed by atoms with E-state index in [0.717, 1.165) is 5.56 Å². The number of nitrogens with zero attached hydrogens (tertiary/aromatic N) is 3. The van der Waals surface area contributed by atoms with E-state index in [1.165, 1.54) is 0 Å². The van der Waals surface area contributed by atoms with Crippen LogP contribution in [0.15, 0.2) is 24.3 Å². The van der Waals surface area contributed by atoms with Crippen molar-refractivity contribution >= 4 is 11.6 Å². The zero-order chi connectivity index (χ0) is 19.6. The normalized spacial score (nSPS) is 19.2. The van der Waals surface area contributed by atoms with Gasteiger partial charge in [-0.1, -0.05) is 12.1 Å². The van der Waals surface area contributed by atoms with E-state index in [1.54, 1.807) is 30.7 Å². The number of carbonyl (C=O) groups excluding carboxylic acids is 1. The molecule has 0 bridgehead atoms. The van der Waals surface area contributed by atoms with Gasteiger partial charge in [0.25, 0.3) is 5.91 Å². The summed E-state index contributed by atoms with van der Waals surface area (Å²) in [6.07, 6.45) is -0.433. The number of aliphatic hydroxyl groups excluding tert-OH is 1. The third kappa shape index (κ3) is 4.15. The molecule has 2 unspecified atom stereocenters. The molecule has 3 N–H and O–H groups in total. The Bertz CT molecular complexity index is 846. The fourth-order valence-corrected chi connectivity index (χ4v) is 3.29. The first-order chi connectivity index (χ1) is 12.9. The summed E-state index contributed by atoms with van der Waals surface area (Å²) in [5.74, 6) is -0.169. The number of rotatable bonds is 6. The smallest absolute Gasteiger partial charge is 0.312 e. The minimum Gasteiger partial charge on any atom is -0.391 e. The summed E-state index contributed by atoms with van der Waals surface area (Å²) < 4.78 is 1.59. The van der Waals surface area contributed by atoms with Gasteiger partial charge in [0.15, 0.2) is 0 Å². The van der Waals surface area contributed by atoms with Crippen molar-refractivity contribution in [1.82, 2.24) is 20.4 Å². The Morgan fingerprint density at radius 3 is 2.63 bits per heavy atom. The molecule has 9 heteroatoms. The van der Waals surface area contributed by atoms with Gasteiger partial charge < -0.3 is 15.7 Å². The van der Waals surface area contributed by atoms with Crippen LogP contribution >= 0.6 is 0 Å². The Morgan fingerprint density at radius 2 is 2.07 bits per heavy atom. The molecule has 0 saturated carbocycles. The number of aromatic nitrogens is 2. The van der Waals surface area contributed by atoms with Crippen LogP contribution < -0.4 is 10.6 Å². The van der Waals surface area contributed by atoms with E-state index in [-0.39, 0.29) is 17.5 Å². The summed E-state index contributed by atoms with van der Waals surface area (Å²) in [5.41, 5.74) is 2.34. The maximum absolute atomic E-state index is 12.2. The van der Waals surface area contributed by atoms with Crippen molar-refractivity contribution < 1.29 is 14.8 Å². The zero-order valence-corrected chi connectivity index (χ0v) is 15.3. The van der Waals surface area contributed by atoms with Gasteiger partial charge in [0, 0.05) is 31.1 Å². The average molecular weight is 373 g/mol. The largest absolute Gasteiger partial charge is 0.391 e. The first-order valence-electron chi connectivity index (χ1n) is 8.81. The van der Waals surface area contributed by atoms with Gasteiger partial charge in [-0.25, -0.2) is 0 Å². The van der Waals surface area contributed by atoms with E-state index in [1.807, 2.05) is 12.1 Å². The van der Waals surface area contributed by atoms with Gasteiger partial charge >= 0.3 is 5.69 Å². The van der Waals surface area contributed by atoms with Gasteiger partial charge in [0.2, 0.25) is 0 Å². The molecule has 1 aromatic heterocycles. The van der Waals surface area contributed by atoms with Gasteiger partial charge in [-0.2, -0.15) is 5.10 Å². The van der Waals surface area contributed by atoms with Gasteiger partial charge in [-0.15, -0.1) is 0 Å². The second kappa shape index (κ2) is 7.85. The highest BCUT2D eigenvalue weighted by Crippen LogP contribution is 2.22. The summed E-state index contributed by atoms with van der Waals surface area (Å²) in [6.45, 7) is 5.35. The number of hydrogen-bond acceptors (Lipinski definition) is 6. The van der Waals surface area contributed by atoms with Crippen molar-refractivity contribution in [1.29, 1.82) is 0 Å². The van der Waals surface area contributed by atoms with E-state index in [2.05, 4.69) is 15.7 Å². The summed E-state index contributed by atoms with van der Waals surface area (Å²) in [6, 6.07) is 7.05. The minimum absolute atomic E-state index is 0.0232. The van der Waals surface area contributed by atoms with Crippen LogP contribution in [0.2, 0.25) is 0 Å². The van der Waals surface area contributed by atoms with E-state index in [0.29, 0.717) is 43.1 Å². The lowest BCUT2D eigenvalue weighted by Crippen LogP contribution is -2.34. The fraction of sp³-hybridized carbons (Fsp3) is 0.444. The number of hydrogen-bond donors (Lipinski definition) is 3. The molecule has 2 atom stereocenters. The van der Waals surface area contributed by atoms with Crippen molar-refractivity contribution in [3.05, 3.63) is 56.9 Å². The Hall–Kier alpha value is -2.78. The zero-order valence-electron chi connectivity index (χ0n) is 15.3. The quantitative estimate of drug-likeness (QED) is 0.508. The number of aryl methyl sites for hydroxylation is 1. The van der Waals surface area contributed by atoms with Crippen LogP contribution in [-0.4, -0.2) is 51.5 Å². The van der Waals surface area contributed by atoms with Gasteiger partial charge in [-0.05, 0) is 31.5 Å². The molecule has 144 valence electrons. The number of amides is 1. The molecule has 27 heavy (non-hydrogen) atoms. The molecule has 1 aliphatic rings. The highest BCUT2D eigenvalue weighted by molar-refractivity contribution is 5.94. The number of carbonyl (C=O) groups is 1. The molecule has 0 radical (unpaired) electrons. The van der Waals surface area contributed by atoms with E-state index >= 15 is 0 Å². The molecule has 2 aromatic rings. The molecule has 0 spiro atoms. The van der Waals surface area contributed by atoms with Crippen LogP contribution in [-0.2, 0) is 6.54 Å². The highest BCUT2D eigenvalue weighted by atomic mass is 16.6. The third-order valence-corrected chi connectivity index (χ3v) is 4.90. The second-order valence-corrected chi connectivity index (χ2v) is 6.83. The summed E-state index contributed by atoms with van der Waals surface area (Å²) in [7, 11) is 0. The SMILES string of the molecule is Cc1nn(Cc2ccc(C(=O)NCC3CNCC3O)cc2)c(C)c1[N+](=O)[O-]. The maximum Gasteiger partial charge on any atom is 0.312 e. The Morgan fingerprint density at radius 1 is 1.37 bits per heavy atom. The topological polar surface area (TPSA) is 122 Å². The predicted octanol–water partition coefficient (Wildman–Crippen LogP) is 0.767. The molecule has 9 nitrogen and oxygen atoms in total. The summed E-state index contributed by atoms with van der Waals surface area (Å²) in [4.78, 5) is 22.9. The van der Waals surface area contributed by atoms with Gasteiger partial charge in [0.1, 0.15) is 11.4 Å². The lowest BCUT2D eigenvalue weighted by Gasteiger charge is -2.14. The van der Waals surface area contributed by atoms with E-state index < -0.39 is 11.0 Å². The van der Waals surface area contributed by atoms with E-state index in [9.17, 15) is 20.0 Å². The monoisotopic (exact) mass is 373 g/mol. The van der Waals surface area contributed by atoms with Crippen LogP contribution in [0.5, 0.6) is 0 Å². The van der Waals surface area contributed by atoms with Crippen LogP contribution in [0.3, 0.4) is 0 Å². The lowest BCUT2D eigenvalue weighted by atomic mass is 10.1. The molecule has 1 saturated heterocycles. The van der Waals surface area contributed by atoms with Crippen molar-refractivity contribution in [2.75, 3.05) is 19.6 Å². The van der Waals surface area contributed by atoms with Crippen molar-refractivity contribution in [2.24, 2.45) is 5.92 Å². The summed E-state index contributed by atoms with van der Waals surface area (Å²) in [5, 5.41) is 31.0. The standard InChI is InChI=1S/C18H23N5O4/c1-11-17(23(26)27)12(2)22(21-11)10-13-3-5-14(6-4-13)18(25)20-8-15-7-19-9-16(15)24/h3-6,15-16,19,24H,7-10H2,1-2H3,(H,20,25). The van der Waals surface area contributed by atoms with Crippen LogP contribution in [0.1, 0.15) is 27.3 Å². The van der Waals surface area contributed by atoms with Crippen molar-refractivity contribution in [3.63, 3.8) is 0 Å². The molecule has 2 heterocycles. The molecule has 1 aliphatic heterocycles. The van der Waals surface area contributed by atoms with Crippen molar-refractivity contribution in [2.45, 2.75) is 26.5 Å². The molecular formula is C18H23N5O4. The fourth-order valence-electron chi connectivity index (χ4n) is 3.29. The average Bonchev–Trinajstić information content (AvgIpc) is 3.16. The highest BCUT2D eigenvalue weighted by Gasteiger charge is 2.25. The summed E-state index contributed by atoms with van der Waals surface area (Å²) >= 11 is 0. The number of nitro groups is 1. The lowest BCUT2D eigenvalue weighted by molar-refractivity contribution is -0.386. The van der Waals surface area contributed by atoms with Gasteiger partial charge in [0.05, 0.1) is 17.6 Å².